The molecule has 0 radical (unpaired) electrons. The second-order valence-corrected chi connectivity index (χ2v) is 4.78. The molecule has 0 spiro atoms. The monoisotopic (exact) mass is 262 g/mol. The molecule has 0 bridgehead atoms. The molecule has 0 aliphatic heterocycles. The number of nitriles is 1. The summed E-state index contributed by atoms with van der Waals surface area (Å²) in [6.07, 6.45) is 1.81. The van der Waals surface area contributed by atoms with Crippen molar-refractivity contribution in [1.82, 2.24) is 10.2 Å². The molecule has 20 heavy (non-hydrogen) atoms. The number of fused-ring (bicyclic) bond motifs is 1. The lowest BCUT2D eigenvalue weighted by molar-refractivity contribution is 0.884. The summed E-state index contributed by atoms with van der Waals surface area (Å²) in [6.45, 7) is 2.08. The van der Waals surface area contributed by atoms with Crippen LogP contribution in [0.25, 0.3) is 10.9 Å². The molecule has 4 heteroatoms. The number of aromatic amines is 1. The fraction of sp³-hybridized carbons (Fsp3) is 0.125. The van der Waals surface area contributed by atoms with Crippen LogP contribution in [0.15, 0.2) is 48.7 Å². The molecule has 1 atom stereocenters. The molecule has 1 heterocycles. The first-order valence-corrected chi connectivity index (χ1v) is 6.46. The number of rotatable bonds is 3. The van der Waals surface area contributed by atoms with Gasteiger partial charge in [0, 0.05) is 17.1 Å². The summed E-state index contributed by atoms with van der Waals surface area (Å²) >= 11 is 0. The van der Waals surface area contributed by atoms with E-state index < -0.39 is 0 Å². The van der Waals surface area contributed by atoms with Crippen LogP contribution in [0.5, 0.6) is 0 Å². The number of anilines is 1. The third-order valence-corrected chi connectivity index (χ3v) is 3.34. The van der Waals surface area contributed by atoms with Crippen LogP contribution in [0.4, 0.5) is 5.69 Å². The SMILES string of the molecule is CC(Nc1ccc2[nH]ncc2c1)c1cccc(C#N)c1. The lowest BCUT2D eigenvalue weighted by Crippen LogP contribution is -2.06. The maximum Gasteiger partial charge on any atom is 0.0991 e. The van der Waals surface area contributed by atoms with Gasteiger partial charge in [0.1, 0.15) is 0 Å². The highest BCUT2D eigenvalue weighted by Gasteiger charge is 2.07. The molecule has 98 valence electrons. The van der Waals surface area contributed by atoms with Gasteiger partial charge in [-0.3, -0.25) is 5.10 Å². The summed E-state index contributed by atoms with van der Waals surface area (Å²) in [7, 11) is 0. The number of H-pyrrole nitrogens is 1. The minimum atomic E-state index is 0.132. The van der Waals surface area contributed by atoms with Gasteiger partial charge < -0.3 is 5.32 Å². The number of nitrogens with one attached hydrogen (secondary N) is 2. The van der Waals surface area contributed by atoms with Gasteiger partial charge in [0.05, 0.1) is 23.3 Å². The quantitative estimate of drug-likeness (QED) is 0.757. The van der Waals surface area contributed by atoms with Gasteiger partial charge in [-0.25, -0.2) is 0 Å². The number of benzene rings is 2. The van der Waals surface area contributed by atoms with Crippen molar-refractivity contribution in [2.24, 2.45) is 0 Å². The summed E-state index contributed by atoms with van der Waals surface area (Å²) < 4.78 is 0. The molecular weight excluding hydrogens is 248 g/mol. The minimum absolute atomic E-state index is 0.132. The van der Waals surface area contributed by atoms with E-state index in [0.717, 1.165) is 22.2 Å². The zero-order chi connectivity index (χ0) is 13.9. The summed E-state index contributed by atoms with van der Waals surface area (Å²) in [5.41, 5.74) is 3.83. The molecule has 2 aromatic carbocycles. The molecule has 0 aliphatic rings. The van der Waals surface area contributed by atoms with E-state index in [0.29, 0.717) is 5.56 Å². The Kier molecular flexibility index (Phi) is 3.10. The fourth-order valence-corrected chi connectivity index (χ4v) is 2.24. The highest BCUT2D eigenvalue weighted by atomic mass is 15.1. The summed E-state index contributed by atoms with van der Waals surface area (Å²) in [4.78, 5) is 0. The van der Waals surface area contributed by atoms with Crippen molar-refractivity contribution in [3.63, 3.8) is 0 Å². The molecule has 1 unspecified atom stereocenters. The Hall–Kier alpha value is -2.80. The van der Waals surface area contributed by atoms with Gasteiger partial charge in [-0.1, -0.05) is 12.1 Å². The molecule has 2 N–H and O–H groups in total. The van der Waals surface area contributed by atoms with E-state index in [-0.39, 0.29) is 6.04 Å². The van der Waals surface area contributed by atoms with Crippen LogP contribution >= 0.6 is 0 Å². The van der Waals surface area contributed by atoms with E-state index in [2.05, 4.69) is 34.6 Å². The molecule has 1 aromatic heterocycles. The van der Waals surface area contributed by atoms with Crippen LogP contribution in [-0.4, -0.2) is 10.2 Å². The first-order chi connectivity index (χ1) is 9.76. The molecule has 0 aliphatic carbocycles. The van der Waals surface area contributed by atoms with Gasteiger partial charge in [-0.15, -0.1) is 0 Å². The van der Waals surface area contributed by atoms with E-state index in [9.17, 15) is 0 Å². The Morgan fingerprint density at radius 3 is 3.00 bits per heavy atom. The number of nitrogens with zero attached hydrogens (tertiary/aromatic N) is 2. The highest BCUT2D eigenvalue weighted by molar-refractivity contribution is 5.81. The molecule has 0 amide bonds. The van der Waals surface area contributed by atoms with Gasteiger partial charge in [-0.05, 0) is 42.8 Å². The zero-order valence-corrected chi connectivity index (χ0v) is 11.1. The third-order valence-electron chi connectivity index (χ3n) is 3.34. The Morgan fingerprint density at radius 1 is 1.25 bits per heavy atom. The normalized spacial score (nSPS) is 12.0. The highest BCUT2D eigenvalue weighted by Crippen LogP contribution is 2.22. The Bertz CT molecular complexity index is 782. The third kappa shape index (κ3) is 2.34. The smallest absolute Gasteiger partial charge is 0.0991 e. The molecule has 4 nitrogen and oxygen atoms in total. The number of hydrogen-bond acceptors (Lipinski definition) is 3. The molecule has 3 aromatic rings. The molecular formula is C16H14N4. The van der Waals surface area contributed by atoms with Crippen LogP contribution < -0.4 is 5.32 Å². The van der Waals surface area contributed by atoms with Gasteiger partial charge in [-0.2, -0.15) is 10.4 Å². The fourth-order valence-electron chi connectivity index (χ4n) is 2.24. The molecule has 3 rings (SSSR count). The van der Waals surface area contributed by atoms with Crippen molar-refractivity contribution in [2.45, 2.75) is 13.0 Å². The van der Waals surface area contributed by atoms with E-state index in [1.807, 2.05) is 42.6 Å². The maximum absolute atomic E-state index is 8.95. The topological polar surface area (TPSA) is 64.5 Å². The van der Waals surface area contributed by atoms with Crippen molar-refractivity contribution in [1.29, 1.82) is 5.26 Å². The lowest BCUT2D eigenvalue weighted by atomic mass is 10.1. The predicted molar refractivity (Wildman–Crippen MR) is 79.3 cm³/mol. The van der Waals surface area contributed by atoms with Crippen molar-refractivity contribution in [2.75, 3.05) is 5.32 Å². The average Bonchev–Trinajstić information content (AvgIpc) is 2.95. The molecule has 0 fully saturated rings. The van der Waals surface area contributed by atoms with Gasteiger partial charge in [0.2, 0.25) is 0 Å². The Morgan fingerprint density at radius 2 is 2.15 bits per heavy atom. The van der Waals surface area contributed by atoms with Gasteiger partial charge in [0.25, 0.3) is 0 Å². The van der Waals surface area contributed by atoms with Gasteiger partial charge in [0.15, 0.2) is 0 Å². The first-order valence-electron chi connectivity index (χ1n) is 6.46. The molecule has 0 saturated carbocycles. The van der Waals surface area contributed by atoms with Crippen LogP contribution in [0.1, 0.15) is 24.1 Å². The van der Waals surface area contributed by atoms with Crippen LogP contribution in [0.2, 0.25) is 0 Å². The van der Waals surface area contributed by atoms with E-state index >= 15 is 0 Å². The largest absolute Gasteiger partial charge is 0.379 e. The second kappa shape index (κ2) is 5.06. The van der Waals surface area contributed by atoms with E-state index in [4.69, 9.17) is 5.26 Å². The minimum Gasteiger partial charge on any atom is -0.379 e. The summed E-state index contributed by atoms with van der Waals surface area (Å²) in [6, 6.07) is 16.0. The second-order valence-electron chi connectivity index (χ2n) is 4.78. The van der Waals surface area contributed by atoms with Gasteiger partial charge >= 0.3 is 0 Å². The van der Waals surface area contributed by atoms with Crippen molar-refractivity contribution < 1.29 is 0 Å². The average molecular weight is 262 g/mol. The molecule has 0 saturated heterocycles. The zero-order valence-electron chi connectivity index (χ0n) is 11.1. The Balaban J connectivity index is 1.84. The lowest BCUT2D eigenvalue weighted by Gasteiger charge is -2.16. The summed E-state index contributed by atoms with van der Waals surface area (Å²) in [5.74, 6) is 0. The number of hydrogen-bond donors (Lipinski definition) is 2. The van der Waals surface area contributed by atoms with Crippen LogP contribution in [0.3, 0.4) is 0 Å². The van der Waals surface area contributed by atoms with Crippen molar-refractivity contribution >= 4 is 16.6 Å². The van der Waals surface area contributed by atoms with E-state index in [1.54, 1.807) is 0 Å². The van der Waals surface area contributed by atoms with E-state index in [1.165, 1.54) is 0 Å². The maximum atomic E-state index is 8.95. The Labute approximate surface area is 117 Å². The van der Waals surface area contributed by atoms with Crippen LogP contribution in [-0.2, 0) is 0 Å². The first kappa shape index (κ1) is 12.2. The van der Waals surface area contributed by atoms with Crippen molar-refractivity contribution in [3.8, 4) is 6.07 Å². The standard InChI is InChI=1S/C16H14N4/c1-11(13-4-2-3-12(7-13)9-17)19-15-5-6-16-14(8-15)10-18-20-16/h2-8,10-11,19H,1H3,(H,18,20). The number of aromatic nitrogens is 2. The van der Waals surface area contributed by atoms with Crippen molar-refractivity contribution in [3.05, 3.63) is 59.8 Å². The summed E-state index contributed by atoms with van der Waals surface area (Å²) in [5, 5.41) is 20.4. The predicted octanol–water partition coefficient (Wildman–Crippen LogP) is 3.61. The van der Waals surface area contributed by atoms with Crippen LogP contribution in [0, 0.1) is 11.3 Å².